The Morgan fingerprint density at radius 1 is 0.750 bits per heavy atom. The van der Waals surface area contributed by atoms with Crippen molar-refractivity contribution >= 4 is 11.6 Å². The molecule has 4 heteroatoms. The van der Waals surface area contributed by atoms with Gasteiger partial charge in [0.1, 0.15) is 11.6 Å². The maximum atomic E-state index is 4.31. The van der Waals surface area contributed by atoms with Crippen LogP contribution < -0.4 is 10.6 Å². The molecule has 1 heterocycles. The van der Waals surface area contributed by atoms with Crippen molar-refractivity contribution in [2.24, 2.45) is 0 Å². The van der Waals surface area contributed by atoms with Crippen molar-refractivity contribution in [1.82, 2.24) is 9.97 Å². The minimum absolute atomic E-state index is 0.00759. The van der Waals surface area contributed by atoms with Crippen LogP contribution in [-0.4, -0.2) is 21.0 Å². The van der Waals surface area contributed by atoms with Crippen LogP contribution in [0.1, 0.15) is 41.5 Å². The number of rotatable bonds is 2. The smallest absolute Gasteiger partial charge is 0.145 e. The van der Waals surface area contributed by atoms with Gasteiger partial charge >= 0.3 is 0 Å². The van der Waals surface area contributed by atoms with Gasteiger partial charge in [0.15, 0.2) is 0 Å². The highest BCUT2D eigenvalue weighted by molar-refractivity contribution is 5.41. The van der Waals surface area contributed by atoms with Gasteiger partial charge in [-0.15, -0.1) is 0 Å². The molecule has 2 N–H and O–H groups in total. The van der Waals surface area contributed by atoms with E-state index in [1.54, 1.807) is 12.4 Å². The monoisotopic (exact) mass is 222 g/mol. The molecule has 0 radical (unpaired) electrons. The Morgan fingerprint density at radius 3 is 1.25 bits per heavy atom. The van der Waals surface area contributed by atoms with Crippen molar-refractivity contribution in [1.29, 1.82) is 0 Å². The average molecular weight is 222 g/mol. The number of aromatic nitrogens is 2. The zero-order chi connectivity index (χ0) is 12.4. The summed E-state index contributed by atoms with van der Waals surface area (Å²) in [5, 5.41) is 6.54. The second-order valence-corrected chi connectivity index (χ2v) is 6.04. The second-order valence-electron chi connectivity index (χ2n) is 6.04. The average Bonchev–Trinajstić information content (AvgIpc) is 2.03. The van der Waals surface area contributed by atoms with Crippen LogP contribution in [-0.2, 0) is 0 Å². The molecule has 0 atom stereocenters. The Morgan fingerprint density at radius 2 is 1.06 bits per heavy atom. The molecule has 0 saturated carbocycles. The Bertz CT molecular complexity index is 295. The summed E-state index contributed by atoms with van der Waals surface area (Å²) in [4.78, 5) is 8.62. The lowest BCUT2D eigenvalue weighted by atomic mass is 10.1. The molecule has 0 aliphatic carbocycles. The zero-order valence-corrected chi connectivity index (χ0v) is 11.0. The summed E-state index contributed by atoms with van der Waals surface area (Å²) in [5.41, 5.74) is 0.0152. The number of nitrogens with zero attached hydrogens (tertiary/aromatic N) is 2. The van der Waals surface area contributed by atoms with Crippen LogP contribution in [0.3, 0.4) is 0 Å². The topological polar surface area (TPSA) is 49.8 Å². The summed E-state index contributed by atoms with van der Waals surface area (Å²) in [7, 11) is 0. The van der Waals surface area contributed by atoms with Gasteiger partial charge in [0.2, 0.25) is 0 Å². The molecule has 0 spiro atoms. The lowest BCUT2D eigenvalue weighted by Crippen LogP contribution is -2.28. The zero-order valence-electron chi connectivity index (χ0n) is 11.0. The van der Waals surface area contributed by atoms with Crippen molar-refractivity contribution in [3.63, 3.8) is 0 Å². The van der Waals surface area contributed by atoms with Gasteiger partial charge in [-0.2, -0.15) is 0 Å². The lowest BCUT2D eigenvalue weighted by molar-refractivity contribution is 0.624. The summed E-state index contributed by atoms with van der Waals surface area (Å²) in [6.07, 6.45) is 3.50. The van der Waals surface area contributed by atoms with E-state index in [-0.39, 0.29) is 11.1 Å². The van der Waals surface area contributed by atoms with Crippen LogP contribution in [0.25, 0.3) is 0 Å². The molecule has 90 valence electrons. The highest BCUT2D eigenvalue weighted by Crippen LogP contribution is 2.14. The molecule has 0 amide bonds. The largest absolute Gasteiger partial charge is 0.364 e. The molecule has 1 aromatic heterocycles. The molecule has 0 aliphatic rings. The van der Waals surface area contributed by atoms with E-state index < -0.39 is 0 Å². The van der Waals surface area contributed by atoms with E-state index in [1.807, 2.05) is 0 Å². The first-order valence-corrected chi connectivity index (χ1v) is 5.54. The maximum Gasteiger partial charge on any atom is 0.145 e. The first-order valence-electron chi connectivity index (χ1n) is 5.54. The molecule has 0 aromatic carbocycles. The van der Waals surface area contributed by atoms with Gasteiger partial charge in [-0.05, 0) is 41.5 Å². The van der Waals surface area contributed by atoms with Crippen molar-refractivity contribution < 1.29 is 0 Å². The minimum atomic E-state index is 0.00759. The third-order valence-electron chi connectivity index (χ3n) is 1.66. The summed E-state index contributed by atoms with van der Waals surface area (Å²) in [6.45, 7) is 12.6. The maximum absolute atomic E-state index is 4.31. The molecule has 4 nitrogen and oxygen atoms in total. The van der Waals surface area contributed by atoms with Crippen LogP contribution in [0.2, 0.25) is 0 Å². The predicted molar refractivity (Wildman–Crippen MR) is 68.8 cm³/mol. The first kappa shape index (κ1) is 12.7. The number of hydrogen-bond donors (Lipinski definition) is 2. The van der Waals surface area contributed by atoms with E-state index in [1.165, 1.54) is 0 Å². The van der Waals surface area contributed by atoms with E-state index in [2.05, 4.69) is 62.1 Å². The van der Waals surface area contributed by atoms with Crippen LogP contribution in [0.5, 0.6) is 0 Å². The second kappa shape index (κ2) is 4.28. The van der Waals surface area contributed by atoms with E-state index in [0.717, 1.165) is 11.6 Å². The number of anilines is 2. The van der Waals surface area contributed by atoms with E-state index in [4.69, 9.17) is 0 Å². The lowest BCUT2D eigenvalue weighted by Gasteiger charge is -2.23. The fourth-order valence-electron chi connectivity index (χ4n) is 1.23. The first-order chi connectivity index (χ1) is 7.16. The number of nitrogens with one attached hydrogen (secondary N) is 2. The Hall–Kier alpha value is -1.32. The summed E-state index contributed by atoms with van der Waals surface area (Å²) < 4.78 is 0. The fourth-order valence-corrected chi connectivity index (χ4v) is 1.23. The Labute approximate surface area is 97.9 Å². The van der Waals surface area contributed by atoms with Crippen molar-refractivity contribution in [3.8, 4) is 0 Å². The van der Waals surface area contributed by atoms with Gasteiger partial charge in [0, 0.05) is 11.1 Å². The Balaban J connectivity index is 2.69. The van der Waals surface area contributed by atoms with Crippen LogP contribution in [0.4, 0.5) is 11.6 Å². The molecule has 1 aromatic rings. The van der Waals surface area contributed by atoms with E-state index in [0.29, 0.717) is 0 Å². The molecule has 0 bridgehead atoms. The van der Waals surface area contributed by atoms with Crippen LogP contribution in [0, 0.1) is 0 Å². The van der Waals surface area contributed by atoms with Crippen molar-refractivity contribution in [2.75, 3.05) is 10.6 Å². The van der Waals surface area contributed by atoms with Crippen LogP contribution >= 0.6 is 0 Å². The Kier molecular flexibility index (Phi) is 3.41. The molecule has 0 saturated heterocycles. The predicted octanol–water partition coefficient (Wildman–Crippen LogP) is 2.90. The van der Waals surface area contributed by atoms with Crippen LogP contribution in [0.15, 0.2) is 12.4 Å². The third-order valence-corrected chi connectivity index (χ3v) is 1.66. The summed E-state index contributed by atoms with van der Waals surface area (Å²) in [5.74, 6) is 1.60. The van der Waals surface area contributed by atoms with Crippen molar-refractivity contribution in [3.05, 3.63) is 12.4 Å². The molecule has 0 fully saturated rings. The van der Waals surface area contributed by atoms with Gasteiger partial charge in [0.25, 0.3) is 0 Å². The molecular weight excluding hydrogens is 200 g/mol. The minimum Gasteiger partial charge on any atom is -0.364 e. The SMILES string of the molecule is CC(C)(C)Nc1cnc(NC(C)(C)C)cn1. The third kappa shape index (κ3) is 4.96. The molecule has 16 heavy (non-hydrogen) atoms. The van der Waals surface area contributed by atoms with Crippen molar-refractivity contribution in [2.45, 2.75) is 52.6 Å². The molecular formula is C12H22N4. The molecule has 1 rings (SSSR count). The number of hydrogen-bond acceptors (Lipinski definition) is 4. The highest BCUT2D eigenvalue weighted by Gasteiger charge is 2.12. The molecule has 0 aliphatic heterocycles. The van der Waals surface area contributed by atoms with Gasteiger partial charge < -0.3 is 10.6 Å². The quantitative estimate of drug-likeness (QED) is 0.808. The van der Waals surface area contributed by atoms with Gasteiger partial charge in [-0.3, -0.25) is 0 Å². The summed E-state index contributed by atoms with van der Waals surface area (Å²) in [6, 6.07) is 0. The highest BCUT2D eigenvalue weighted by atomic mass is 15.1. The molecule has 0 unspecified atom stereocenters. The van der Waals surface area contributed by atoms with Gasteiger partial charge in [-0.1, -0.05) is 0 Å². The standard InChI is InChI=1S/C12H22N4/c1-11(2,3)15-9-7-14-10(8-13-9)16-12(4,5)6/h7-8H,1-6H3,(H,13,15)(H,14,16). The van der Waals surface area contributed by atoms with E-state index >= 15 is 0 Å². The van der Waals surface area contributed by atoms with Gasteiger partial charge in [-0.25, -0.2) is 9.97 Å². The normalized spacial score (nSPS) is 12.4. The van der Waals surface area contributed by atoms with Gasteiger partial charge in [0.05, 0.1) is 12.4 Å². The fraction of sp³-hybridized carbons (Fsp3) is 0.667. The summed E-state index contributed by atoms with van der Waals surface area (Å²) >= 11 is 0. The van der Waals surface area contributed by atoms with E-state index in [9.17, 15) is 0 Å².